The zero-order chi connectivity index (χ0) is 21.3. The molecule has 0 radical (unpaired) electrons. The van der Waals surface area contributed by atoms with Crippen molar-refractivity contribution in [2.24, 2.45) is 0 Å². The van der Waals surface area contributed by atoms with E-state index in [1.807, 2.05) is 12.1 Å². The van der Waals surface area contributed by atoms with Gasteiger partial charge in [-0.2, -0.15) is 0 Å². The normalized spacial score (nSPS) is 10.6. The van der Waals surface area contributed by atoms with Crippen LogP contribution < -0.4 is 10.6 Å². The first-order valence-electron chi connectivity index (χ1n) is 9.35. The third-order valence-electron chi connectivity index (χ3n) is 4.12. The van der Waals surface area contributed by atoms with Gasteiger partial charge in [-0.25, -0.2) is 0 Å². The van der Waals surface area contributed by atoms with E-state index < -0.39 is 0 Å². The Hall–Kier alpha value is -2.42. The Bertz CT molecular complexity index is 1010. The summed E-state index contributed by atoms with van der Waals surface area (Å²) in [6.45, 7) is 2.62. The van der Waals surface area contributed by atoms with Crippen molar-refractivity contribution in [2.45, 2.75) is 25.6 Å². The molecule has 30 heavy (non-hydrogen) atoms. The molecule has 2 aromatic carbocycles. The first-order chi connectivity index (χ1) is 14.5. The number of benzene rings is 2. The van der Waals surface area contributed by atoms with Crippen LogP contribution in [0, 0.1) is 0 Å². The van der Waals surface area contributed by atoms with Crippen molar-refractivity contribution in [3.05, 3.63) is 74.7 Å². The standard InChI is InChI=1S/C21H21ClN4O2S2/c1-2-14-6-8-15(9-7-14)11-23-18(27)12-29-13-19-25-26-21(30-19)20(28)24-17-5-3-4-16(22)10-17/h3-10H,2,11-13H2,1H3,(H,23,27)(H,24,28). The molecule has 0 fully saturated rings. The monoisotopic (exact) mass is 460 g/mol. The van der Waals surface area contributed by atoms with E-state index in [0.717, 1.165) is 12.0 Å². The molecule has 6 nitrogen and oxygen atoms in total. The van der Waals surface area contributed by atoms with E-state index in [1.165, 1.54) is 28.7 Å². The molecule has 0 spiro atoms. The van der Waals surface area contributed by atoms with Gasteiger partial charge in [0.25, 0.3) is 5.91 Å². The van der Waals surface area contributed by atoms with E-state index in [0.29, 0.717) is 33.8 Å². The maximum Gasteiger partial charge on any atom is 0.286 e. The molecule has 0 aliphatic rings. The van der Waals surface area contributed by atoms with Gasteiger partial charge in [-0.1, -0.05) is 60.2 Å². The number of aromatic nitrogens is 2. The second-order valence-electron chi connectivity index (χ2n) is 6.41. The van der Waals surface area contributed by atoms with E-state index in [9.17, 15) is 9.59 Å². The van der Waals surface area contributed by atoms with Crippen molar-refractivity contribution in [3.8, 4) is 0 Å². The minimum atomic E-state index is -0.335. The van der Waals surface area contributed by atoms with Crippen LogP contribution in [0.15, 0.2) is 48.5 Å². The van der Waals surface area contributed by atoms with Crippen LogP contribution in [0.1, 0.15) is 32.9 Å². The van der Waals surface area contributed by atoms with E-state index in [-0.39, 0.29) is 16.8 Å². The molecule has 0 atom stereocenters. The number of amides is 2. The van der Waals surface area contributed by atoms with Gasteiger partial charge in [0.05, 0.1) is 5.75 Å². The number of carbonyl (C=O) groups is 2. The van der Waals surface area contributed by atoms with Crippen molar-refractivity contribution < 1.29 is 9.59 Å². The second-order valence-corrected chi connectivity index (χ2v) is 8.89. The molecule has 0 aliphatic carbocycles. The van der Waals surface area contributed by atoms with Crippen LogP contribution in [-0.2, 0) is 23.5 Å². The zero-order valence-electron chi connectivity index (χ0n) is 16.4. The van der Waals surface area contributed by atoms with Crippen LogP contribution >= 0.6 is 34.7 Å². The van der Waals surface area contributed by atoms with E-state index >= 15 is 0 Å². The van der Waals surface area contributed by atoms with E-state index in [4.69, 9.17) is 11.6 Å². The smallest absolute Gasteiger partial charge is 0.286 e. The van der Waals surface area contributed by atoms with E-state index in [2.05, 4.69) is 39.9 Å². The highest BCUT2D eigenvalue weighted by molar-refractivity contribution is 7.99. The number of anilines is 1. The Morgan fingerprint density at radius 2 is 1.87 bits per heavy atom. The number of nitrogens with zero attached hydrogens (tertiary/aromatic N) is 2. The molecule has 0 bridgehead atoms. The van der Waals surface area contributed by atoms with Crippen LogP contribution in [0.2, 0.25) is 5.02 Å². The topological polar surface area (TPSA) is 84.0 Å². The average Bonchev–Trinajstić information content (AvgIpc) is 3.22. The molecule has 2 amide bonds. The van der Waals surface area contributed by atoms with Gasteiger partial charge < -0.3 is 10.6 Å². The lowest BCUT2D eigenvalue weighted by atomic mass is 10.1. The molecule has 0 aliphatic heterocycles. The Labute approximate surface area is 188 Å². The molecule has 3 rings (SSSR count). The molecule has 9 heteroatoms. The van der Waals surface area contributed by atoms with Gasteiger partial charge in [-0.15, -0.1) is 22.0 Å². The highest BCUT2D eigenvalue weighted by Gasteiger charge is 2.14. The molecule has 0 saturated heterocycles. The summed E-state index contributed by atoms with van der Waals surface area (Å²) in [5, 5.41) is 15.1. The summed E-state index contributed by atoms with van der Waals surface area (Å²) in [5.41, 5.74) is 2.95. The minimum Gasteiger partial charge on any atom is -0.351 e. The van der Waals surface area contributed by atoms with Crippen molar-refractivity contribution >= 4 is 52.2 Å². The second kappa shape index (κ2) is 11.1. The van der Waals surface area contributed by atoms with Gasteiger partial charge >= 0.3 is 0 Å². The zero-order valence-corrected chi connectivity index (χ0v) is 18.7. The fourth-order valence-corrected chi connectivity index (χ4v) is 4.36. The summed E-state index contributed by atoms with van der Waals surface area (Å²) in [7, 11) is 0. The fourth-order valence-electron chi connectivity index (χ4n) is 2.53. The SMILES string of the molecule is CCc1ccc(CNC(=O)CSCc2nnc(C(=O)Nc3cccc(Cl)c3)s2)cc1. The van der Waals surface area contributed by atoms with E-state index in [1.54, 1.807) is 24.3 Å². The summed E-state index contributed by atoms with van der Waals surface area (Å²) >= 11 is 8.56. The number of thioether (sulfide) groups is 1. The molecular weight excluding hydrogens is 440 g/mol. The highest BCUT2D eigenvalue weighted by Crippen LogP contribution is 2.19. The first-order valence-corrected chi connectivity index (χ1v) is 11.7. The Balaban J connectivity index is 1.40. The number of hydrogen-bond acceptors (Lipinski definition) is 6. The summed E-state index contributed by atoms with van der Waals surface area (Å²) in [6.07, 6.45) is 0.999. The highest BCUT2D eigenvalue weighted by atomic mass is 35.5. The molecule has 156 valence electrons. The summed E-state index contributed by atoms with van der Waals surface area (Å²) in [4.78, 5) is 24.3. The van der Waals surface area contributed by atoms with Crippen LogP contribution in [0.3, 0.4) is 0 Å². The van der Waals surface area contributed by atoms with Crippen molar-refractivity contribution in [3.63, 3.8) is 0 Å². The van der Waals surface area contributed by atoms with Crippen LogP contribution in [0.4, 0.5) is 5.69 Å². The third kappa shape index (κ3) is 6.83. The van der Waals surface area contributed by atoms with Crippen molar-refractivity contribution in [1.82, 2.24) is 15.5 Å². The number of aryl methyl sites for hydroxylation is 1. The fraction of sp³-hybridized carbons (Fsp3) is 0.238. The number of carbonyl (C=O) groups excluding carboxylic acids is 2. The van der Waals surface area contributed by atoms with Crippen LogP contribution in [-0.4, -0.2) is 27.8 Å². The lowest BCUT2D eigenvalue weighted by Crippen LogP contribution is -2.24. The molecule has 0 unspecified atom stereocenters. The third-order valence-corrected chi connectivity index (χ3v) is 6.41. The summed E-state index contributed by atoms with van der Waals surface area (Å²) in [5.74, 6) is 0.457. The molecule has 3 aromatic rings. The van der Waals surface area contributed by atoms with Crippen molar-refractivity contribution in [2.75, 3.05) is 11.1 Å². The molecular formula is C21H21ClN4O2S2. The minimum absolute atomic E-state index is 0.0389. The molecule has 2 N–H and O–H groups in total. The molecule has 1 aromatic heterocycles. The maximum atomic E-state index is 12.3. The summed E-state index contributed by atoms with van der Waals surface area (Å²) < 4.78 is 0. The van der Waals surface area contributed by atoms with Gasteiger partial charge in [0.1, 0.15) is 5.01 Å². The van der Waals surface area contributed by atoms with Crippen LogP contribution in [0.25, 0.3) is 0 Å². The van der Waals surface area contributed by atoms with Gasteiger partial charge in [0.2, 0.25) is 10.9 Å². The summed E-state index contributed by atoms with van der Waals surface area (Å²) in [6, 6.07) is 15.1. The number of halogens is 1. The molecule has 0 saturated carbocycles. The number of rotatable bonds is 9. The van der Waals surface area contributed by atoms with Gasteiger partial charge in [0, 0.05) is 23.0 Å². The van der Waals surface area contributed by atoms with Crippen LogP contribution in [0.5, 0.6) is 0 Å². The quantitative estimate of drug-likeness (QED) is 0.489. The lowest BCUT2D eigenvalue weighted by Gasteiger charge is -2.05. The lowest BCUT2D eigenvalue weighted by molar-refractivity contribution is -0.118. The largest absolute Gasteiger partial charge is 0.351 e. The Morgan fingerprint density at radius 1 is 1.10 bits per heavy atom. The van der Waals surface area contributed by atoms with Crippen molar-refractivity contribution in [1.29, 1.82) is 0 Å². The molecule has 1 heterocycles. The number of hydrogen-bond donors (Lipinski definition) is 2. The number of nitrogens with one attached hydrogen (secondary N) is 2. The Kier molecular flexibility index (Phi) is 8.24. The first kappa shape index (κ1) is 22.3. The van der Waals surface area contributed by atoms with Gasteiger partial charge in [-0.3, -0.25) is 9.59 Å². The predicted octanol–water partition coefficient (Wildman–Crippen LogP) is 4.56. The van der Waals surface area contributed by atoms with Gasteiger partial charge in [-0.05, 0) is 35.7 Å². The average molecular weight is 461 g/mol. The maximum absolute atomic E-state index is 12.3. The van der Waals surface area contributed by atoms with Gasteiger partial charge in [0.15, 0.2) is 0 Å². The Morgan fingerprint density at radius 3 is 2.60 bits per heavy atom. The predicted molar refractivity (Wildman–Crippen MR) is 123 cm³/mol.